The summed E-state index contributed by atoms with van der Waals surface area (Å²) in [6.45, 7) is 3.95. The van der Waals surface area contributed by atoms with Crippen LogP contribution in [-0.2, 0) is 14.3 Å². The summed E-state index contributed by atoms with van der Waals surface area (Å²) in [5, 5.41) is 4.75. The van der Waals surface area contributed by atoms with E-state index in [1.165, 1.54) is 11.0 Å². The highest BCUT2D eigenvalue weighted by atomic mass is 32.1. The molecule has 3 aliphatic rings. The van der Waals surface area contributed by atoms with E-state index in [9.17, 15) is 14.4 Å². The lowest BCUT2D eigenvalue weighted by Crippen LogP contribution is -2.35. The Morgan fingerprint density at radius 3 is 2.92 bits per heavy atom. The lowest BCUT2D eigenvalue weighted by atomic mass is 9.69. The number of carbonyl (C=O) groups excluding carboxylic acids is 3. The van der Waals surface area contributed by atoms with Gasteiger partial charge in [-0.2, -0.15) is 0 Å². The normalized spacial score (nSPS) is 31.5. The zero-order valence-electron chi connectivity index (χ0n) is 14.9. The molecule has 0 radical (unpaired) electrons. The number of thiazole rings is 1. The molecule has 4 atom stereocenters. The van der Waals surface area contributed by atoms with Gasteiger partial charge in [-0.25, -0.2) is 9.78 Å². The summed E-state index contributed by atoms with van der Waals surface area (Å²) in [5.41, 5.74) is 1.21. The van der Waals surface area contributed by atoms with Crippen molar-refractivity contribution in [1.82, 2.24) is 4.98 Å². The lowest BCUT2D eigenvalue weighted by molar-refractivity contribution is -0.137. The van der Waals surface area contributed by atoms with Gasteiger partial charge in [0.05, 0.1) is 12.0 Å². The van der Waals surface area contributed by atoms with Crippen LogP contribution < -0.4 is 5.32 Å². The maximum Gasteiger partial charge on any atom is 0.381 e. The Labute approximate surface area is 156 Å². The fraction of sp³-hybridized carbons (Fsp3) is 0.579. The van der Waals surface area contributed by atoms with Crippen molar-refractivity contribution in [2.24, 2.45) is 23.2 Å². The number of fused-ring (bicyclic) bond motifs is 1. The van der Waals surface area contributed by atoms with Gasteiger partial charge >= 0.3 is 5.97 Å². The quantitative estimate of drug-likeness (QED) is 0.370. The van der Waals surface area contributed by atoms with Crippen molar-refractivity contribution < 1.29 is 19.1 Å². The Morgan fingerprint density at radius 1 is 1.35 bits per heavy atom. The van der Waals surface area contributed by atoms with Crippen LogP contribution in [0.4, 0.5) is 5.13 Å². The van der Waals surface area contributed by atoms with Gasteiger partial charge in [0.1, 0.15) is 5.69 Å². The van der Waals surface area contributed by atoms with Crippen LogP contribution in [0.3, 0.4) is 0 Å². The highest BCUT2D eigenvalue weighted by molar-refractivity contribution is 7.14. The summed E-state index contributed by atoms with van der Waals surface area (Å²) < 4.78 is 4.71. The van der Waals surface area contributed by atoms with E-state index < -0.39 is 11.8 Å². The molecule has 26 heavy (non-hydrogen) atoms. The monoisotopic (exact) mass is 374 g/mol. The third kappa shape index (κ3) is 2.78. The predicted octanol–water partition coefficient (Wildman–Crippen LogP) is 3.21. The molecule has 1 aromatic rings. The van der Waals surface area contributed by atoms with Gasteiger partial charge in [0.2, 0.25) is 5.91 Å². The van der Waals surface area contributed by atoms with Gasteiger partial charge in [0.25, 0.3) is 5.78 Å². The number of hydrogen-bond acceptors (Lipinski definition) is 6. The second-order valence-corrected chi connectivity index (χ2v) is 8.58. The third-order valence-electron chi connectivity index (χ3n) is 5.92. The molecule has 2 saturated carbocycles. The van der Waals surface area contributed by atoms with E-state index in [1.807, 2.05) is 0 Å². The smallest absolute Gasteiger partial charge is 0.381 e. The average Bonchev–Trinajstić information content (AvgIpc) is 3.12. The number of rotatable bonds is 5. The van der Waals surface area contributed by atoms with Crippen LogP contribution in [0.1, 0.15) is 50.0 Å². The molecule has 6 nitrogen and oxygen atoms in total. The Kier molecular flexibility index (Phi) is 4.22. The molecule has 1 N–H and O–H groups in total. The molecule has 3 aliphatic carbocycles. The topological polar surface area (TPSA) is 85.4 Å². The zero-order chi connectivity index (χ0) is 18.5. The number of anilines is 1. The molecule has 0 aliphatic heterocycles. The van der Waals surface area contributed by atoms with Gasteiger partial charge < -0.3 is 10.1 Å². The molecule has 7 heteroatoms. The van der Waals surface area contributed by atoms with Crippen LogP contribution in [-0.4, -0.2) is 29.3 Å². The first-order valence-electron chi connectivity index (χ1n) is 9.11. The number of nitrogens with one attached hydrogen (secondary N) is 1. The minimum Gasteiger partial charge on any atom is -0.460 e. The van der Waals surface area contributed by atoms with E-state index in [2.05, 4.69) is 23.3 Å². The maximum absolute atomic E-state index is 13.1. The van der Waals surface area contributed by atoms with Gasteiger partial charge in [-0.3, -0.25) is 9.59 Å². The van der Waals surface area contributed by atoms with Crippen LogP contribution in [0.5, 0.6) is 0 Å². The Bertz CT molecular complexity index is 814. The summed E-state index contributed by atoms with van der Waals surface area (Å²) in [6, 6.07) is 0. The molecule has 1 aromatic heterocycles. The van der Waals surface area contributed by atoms with E-state index in [4.69, 9.17) is 4.74 Å². The van der Waals surface area contributed by atoms with Crippen molar-refractivity contribution in [3.8, 4) is 0 Å². The number of Topliss-reactive ketones (excluding diaryl/α,β-unsaturated/α-hetero) is 1. The summed E-state index contributed by atoms with van der Waals surface area (Å²) in [7, 11) is 0. The fourth-order valence-electron chi connectivity index (χ4n) is 4.90. The lowest BCUT2D eigenvalue weighted by Gasteiger charge is -2.36. The molecule has 4 rings (SSSR count). The predicted molar refractivity (Wildman–Crippen MR) is 96.8 cm³/mol. The highest BCUT2D eigenvalue weighted by Crippen LogP contribution is 2.62. The van der Waals surface area contributed by atoms with Crippen molar-refractivity contribution in [2.45, 2.75) is 39.5 Å². The van der Waals surface area contributed by atoms with Crippen LogP contribution in [0.25, 0.3) is 0 Å². The molecule has 1 amide bonds. The highest BCUT2D eigenvalue weighted by Gasteiger charge is 2.57. The van der Waals surface area contributed by atoms with Gasteiger partial charge in [0, 0.05) is 5.38 Å². The molecule has 2 fully saturated rings. The zero-order valence-corrected chi connectivity index (χ0v) is 15.7. The van der Waals surface area contributed by atoms with Crippen molar-refractivity contribution >= 4 is 34.1 Å². The minimum atomic E-state index is -0.919. The molecule has 0 aromatic carbocycles. The summed E-state index contributed by atoms with van der Waals surface area (Å²) in [4.78, 5) is 40.7. The number of amides is 1. The molecular weight excluding hydrogens is 352 g/mol. The minimum absolute atomic E-state index is 0.00196. The molecule has 0 saturated heterocycles. The fourth-order valence-corrected chi connectivity index (χ4v) is 5.59. The van der Waals surface area contributed by atoms with E-state index in [-0.39, 0.29) is 23.6 Å². The van der Waals surface area contributed by atoms with Crippen LogP contribution in [0, 0.1) is 23.2 Å². The van der Waals surface area contributed by atoms with Crippen molar-refractivity contribution in [3.05, 3.63) is 22.7 Å². The molecule has 0 spiro atoms. The SMILES string of the molecule is CCOC(=O)C(=O)c1csc(NC(=O)C23CC(C)C=C4CC(C2)C4C3)n1. The Hall–Kier alpha value is -2.02. The number of aromatic nitrogens is 1. The molecule has 4 unspecified atom stereocenters. The van der Waals surface area contributed by atoms with Gasteiger partial charge in [-0.15, -0.1) is 11.3 Å². The van der Waals surface area contributed by atoms with Crippen molar-refractivity contribution in [1.29, 1.82) is 0 Å². The molecule has 2 bridgehead atoms. The molecule has 1 heterocycles. The van der Waals surface area contributed by atoms with Crippen LogP contribution in [0.15, 0.2) is 17.0 Å². The van der Waals surface area contributed by atoms with Gasteiger partial charge in [0.15, 0.2) is 5.13 Å². The number of hydrogen-bond donors (Lipinski definition) is 1. The number of ether oxygens (including phenoxy) is 1. The Balaban J connectivity index is 1.47. The number of allylic oxidation sites excluding steroid dienone is 2. The largest absolute Gasteiger partial charge is 0.460 e. The van der Waals surface area contributed by atoms with Crippen LogP contribution in [0.2, 0.25) is 0 Å². The number of esters is 1. The van der Waals surface area contributed by atoms with E-state index in [1.54, 1.807) is 6.92 Å². The molecule has 138 valence electrons. The van der Waals surface area contributed by atoms with Crippen molar-refractivity contribution in [2.75, 3.05) is 11.9 Å². The van der Waals surface area contributed by atoms with E-state index >= 15 is 0 Å². The van der Waals surface area contributed by atoms with Gasteiger partial charge in [-0.05, 0) is 50.4 Å². The second-order valence-electron chi connectivity index (χ2n) is 7.72. The first kappa shape index (κ1) is 17.4. The van der Waals surface area contributed by atoms with Crippen LogP contribution >= 0.6 is 11.3 Å². The van der Waals surface area contributed by atoms with E-state index in [0.717, 1.165) is 37.0 Å². The summed E-state index contributed by atoms with van der Waals surface area (Å²) >= 11 is 1.16. The summed E-state index contributed by atoms with van der Waals surface area (Å²) in [5.74, 6) is -0.0905. The summed E-state index contributed by atoms with van der Waals surface area (Å²) in [6.07, 6.45) is 6.20. The first-order valence-corrected chi connectivity index (χ1v) is 9.99. The number of ketones is 1. The second kappa shape index (κ2) is 6.30. The van der Waals surface area contributed by atoms with E-state index in [0.29, 0.717) is 22.9 Å². The third-order valence-corrected chi connectivity index (χ3v) is 6.68. The maximum atomic E-state index is 13.1. The van der Waals surface area contributed by atoms with Crippen molar-refractivity contribution in [3.63, 3.8) is 0 Å². The number of nitrogens with zero attached hydrogens (tertiary/aromatic N) is 1. The van der Waals surface area contributed by atoms with Gasteiger partial charge in [-0.1, -0.05) is 18.6 Å². The first-order chi connectivity index (χ1) is 12.4. The standard InChI is InChI=1S/C19H22N2O4S/c1-3-25-16(23)15(22)14-9-26-18(20-14)21-17(24)19-6-10(2)4-11-5-12(7-19)13(11)8-19/h4,9-10,12-13H,3,5-8H2,1-2H3,(H,20,21,24). The number of carbonyl (C=O) groups is 3. The average molecular weight is 374 g/mol. The Morgan fingerprint density at radius 2 is 2.15 bits per heavy atom. The molecular formula is C19H22N2O4S.